The Morgan fingerprint density at radius 1 is 1.06 bits per heavy atom. The van der Waals surface area contributed by atoms with Crippen molar-refractivity contribution in [2.45, 2.75) is 12.8 Å². The number of rotatable bonds is 6. The maximum absolute atomic E-state index is 8.97. The number of aliphatic hydroxyl groups is 1. The maximum Gasteiger partial charge on any atom is 0.122 e. The molecule has 0 bridgehead atoms. The Bertz CT molecular complexity index is 437. The highest BCUT2D eigenvalue weighted by atomic mass is 32.1. The zero-order chi connectivity index (χ0) is 11.9. The first-order chi connectivity index (χ1) is 8.40. The molecule has 0 amide bonds. The zero-order valence-corrected chi connectivity index (χ0v) is 10.5. The number of thiophene rings is 1. The van der Waals surface area contributed by atoms with Crippen molar-refractivity contribution in [1.82, 2.24) is 0 Å². The Morgan fingerprint density at radius 2 is 1.94 bits per heavy atom. The summed E-state index contributed by atoms with van der Waals surface area (Å²) < 4.78 is 5.76. The van der Waals surface area contributed by atoms with Gasteiger partial charge in [-0.2, -0.15) is 0 Å². The average molecular weight is 248 g/mol. The van der Waals surface area contributed by atoms with Crippen LogP contribution < -0.4 is 4.74 Å². The van der Waals surface area contributed by atoms with Crippen molar-refractivity contribution in [2.75, 3.05) is 13.2 Å². The summed E-state index contributed by atoms with van der Waals surface area (Å²) in [4.78, 5) is 1.34. The molecule has 0 fully saturated rings. The van der Waals surface area contributed by atoms with Crippen LogP contribution in [0.25, 0.3) is 0 Å². The monoisotopic (exact) mass is 248 g/mol. The molecule has 0 saturated carbocycles. The molecule has 0 aliphatic carbocycles. The lowest BCUT2D eigenvalue weighted by Gasteiger charge is -2.10. The molecule has 0 atom stereocenters. The van der Waals surface area contributed by atoms with Gasteiger partial charge in [-0.05, 0) is 29.5 Å². The molecule has 2 aromatic rings. The van der Waals surface area contributed by atoms with E-state index in [1.54, 1.807) is 11.3 Å². The van der Waals surface area contributed by atoms with E-state index in [-0.39, 0.29) is 6.61 Å². The molecule has 0 radical (unpaired) electrons. The van der Waals surface area contributed by atoms with E-state index in [2.05, 4.69) is 17.5 Å². The first-order valence-corrected chi connectivity index (χ1v) is 6.62. The van der Waals surface area contributed by atoms with E-state index >= 15 is 0 Å². The van der Waals surface area contributed by atoms with Crippen LogP contribution in [0.2, 0.25) is 0 Å². The van der Waals surface area contributed by atoms with Crippen LogP contribution in [0, 0.1) is 0 Å². The topological polar surface area (TPSA) is 29.5 Å². The highest BCUT2D eigenvalue weighted by molar-refractivity contribution is 7.09. The van der Waals surface area contributed by atoms with E-state index in [4.69, 9.17) is 9.84 Å². The van der Waals surface area contributed by atoms with Crippen LogP contribution in [0.3, 0.4) is 0 Å². The van der Waals surface area contributed by atoms with E-state index < -0.39 is 0 Å². The number of hydrogen-bond donors (Lipinski definition) is 1. The molecule has 0 spiro atoms. The highest BCUT2D eigenvalue weighted by Gasteiger charge is 2.02. The third-order valence-corrected chi connectivity index (χ3v) is 3.48. The lowest BCUT2D eigenvalue weighted by Crippen LogP contribution is -2.03. The summed E-state index contributed by atoms with van der Waals surface area (Å²) in [6.07, 6.45) is 1.58. The number of aliphatic hydroxyl groups excluding tert-OH is 1. The second-order valence-electron chi connectivity index (χ2n) is 3.76. The van der Waals surface area contributed by atoms with Crippen LogP contribution in [0.15, 0.2) is 41.8 Å². The molecule has 0 unspecified atom stereocenters. The van der Waals surface area contributed by atoms with Gasteiger partial charge in [-0.15, -0.1) is 11.3 Å². The van der Waals surface area contributed by atoms with Crippen LogP contribution >= 0.6 is 11.3 Å². The molecular weight excluding hydrogens is 232 g/mol. The van der Waals surface area contributed by atoms with Gasteiger partial charge in [-0.3, -0.25) is 0 Å². The third-order valence-electron chi connectivity index (χ3n) is 2.54. The standard InChI is InChI=1S/C14H16O2S/c15-9-7-12-4-1-2-6-14(12)16-10-8-13-5-3-11-17-13/h1-6,11,15H,7-10H2. The molecule has 90 valence electrons. The number of hydrogen-bond acceptors (Lipinski definition) is 3. The summed E-state index contributed by atoms with van der Waals surface area (Å²) in [5, 5.41) is 11.0. The van der Waals surface area contributed by atoms with Gasteiger partial charge in [0.1, 0.15) is 5.75 Å². The van der Waals surface area contributed by atoms with E-state index in [0.717, 1.165) is 17.7 Å². The molecule has 0 saturated heterocycles. The van der Waals surface area contributed by atoms with Gasteiger partial charge < -0.3 is 9.84 Å². The quantitative estimate of drug-likeness (QED) is 0.851. The average Bonchev–Trinajstić information content (AvgIpc) is 2.85. The second kappa shape index (κ2) is 6.42. The Kier molecular flexibility index (Phi) is 4.59. The molecule has 2 rings (SSSR count). The largest absolute Gasteiger partial charge is 0.493 e. The van der Waals surface area contributed by atoms with Crippen molar-refractivity contribution in [2.24, 2.45) is 0 Å². The molecule has 1 heterocycles. The van der Waals surface area contributed by atoms with E-state index in [1.165, 1.54) is 4.88 Å². The highest BCUT2D eigenvalue weighted by Crippen LogP contribution is 2.19. The van der Waals surface area contributed by atoms with Crippen molar-refractivity contribution >= 4 is 11.3 Å². The first-order valence-electron chi connectivity index (χ1n) is 5.74. The fourth-order valence-electron chi connectivity index (χ4n) is 1.69. The van der Waals surface area contributed by atoms with Gasteiger partial charge in [0.2, 0.25) is 0 Å². The fraction of sp³-hybridized carbons (Fsp3) is 0.286. The normalized spacial score (nSPS) is 10.4. The van der Waals surface area contributed by atoms with Gasteiger partial charge >= 0.3 is 0 Å². The van der Waals surface area contributed by atoms with Gasteiger partial charge in [0.25, 0.3) is 0 Å². The predicted octanol–water partition coefficient (Wildman–Crippen LogP) is 2.90. The summed E-state index contributed by atoms with van der Waals surface area (Å²) in [5.41, 5.74) is 1.07. The van der Waals surface area contributed by atoms with Crippen LogP contribution in [0.1, 0.15) is 10.4 Å². The second-order valence-corrected chi connectivity index (χ2v) is 4.79. The van der Waals surface area contributed by atoms with Crippen molar-refractivity contribution in [3.8, 4) is 5.75 Å². The molecule has 17 heavy (non-hydrogen) atoms. The van der Waals surface area contributed by atoms with Gasteiger partial charge in [-0.25, -0.2) is 0 Å². The minimum Gasteiger partial charge on any atom is -0.493 e. The minimum atomic E-state index is 0.158. The molecule has 0 aliphatic heterocycles. The van der Waals surface area contributed by atoms with Gasteiger partial charge in [0, 0.05) is 17.9 Å². The molecule has 0 aliphatic rings. The van der Waals surface area contributed by atoms with Crippen LogP contribution in [-0.2, 0) is 12.8 Å². The molecular formula is C14H16O2S. The summed E-state index contributed by atoms with van der Waals surface area (Å²) in [5.74, 6) is 0.887. The maximum atomic E-state index is 8.97. The summed E-state index contributed by atoms with van der Waals surface area (Å²) in [7, 11) is 0. The molecule has 2 nitrogen and oxygen atoms in total. The number of ether oxygens (including phenoxy) is 1. The lowest BCUT2D eigenvalue weighted by molar-refractivity contribution is 0.289. The summed E-state index contributed by atoms with van der Waals surface area (Å²) in [6.45, 7) is 0.842. The summed E-state index contributed by atoms with van der Waals surface area (Å²) >= 11 is 1.75. The van der Waals surface area contributed by atoms with Gasteiger partial charge in [-0.1, -0.05) is 24.3 Å². The van der Waals surface area contributed by atoms with Gasteiger partial charge in [0.15, 0.2) is 0 Å². The first kappa shape index (κ1) is 12.1. The van der Waals surface area contributed by atoms with E-state index in [1.807, 2.05) is 24.3 Å². The Morgan fingerprint density at radius 3 is 2.71 bits per heavy atom. The lowest BCUT2D eigenvalue weighted by atomic mass is 10.1. The van der Waals surface area contributed by atoms with Crippen molar-refractivity contribution < 1.29 is 9.84 Å². The molecule has 1 N–H and O–H groups in total. The van der Waals surface area contributed by atoms with Crippen molar-refractivity contribution in [3.63, 3.8) is 0 Å². The number of benzene rings is 1. The Balaban J connectivity index is 1.89. The molecule has 1 aromatic carbocycles. The molecule has 1 aromatic heterocycles. The van der Waals surface area contributed by atoms with Crippen molar-refractivity contribution in [1.29, 1.82) is 0 Å². The van der Waals surface area contributed by atoms with E-state index in [9.17, 15) is 0 Å². The summed E-state index contributed by atoms with van der Waals surface area (Å²) in [6, 6.07) is 12.1. The number of para-hydroxylation sites is 1. The van der Waals surface area contributed by atoms with Crippen LogP contribution in [0.4, 0.5) is 0 Å². The predicted molar refractivity (Wildman–Crippen MR) is 70.7 cm³/mol. The van der Waals surface area contributed by atoms with Crippen LogP contribution in [0.5, 0.6) is 5.75 Å². The SMILES string of the molecule is OCCc1ccccc1OCCc1cccs1. The van der Waals surface area contributed by atoms with Gasteiger partial charge in [0.05, 0.1) is 6.61 Å². The zero-order valence-electron chi connectivity index (χ0n) is 9.63. The van der Waals surface area contributed by atoms with E-state index in [0.29, 0.717) is 13.0 Å². The van der Waals surface area contributed by atoms with Crippen molar-refractivity contribution in [3.05, 3.63) is 52.2 Å². The fourth-order valence-corrected chi connectivity index (χ4v) is 2.38. The Labute approximate surface area is 105 Å². The molecule has 3 heteroatoms. The Hall–Kier alpha value is -1.32. The smallest absolute Gasteiger partial charge is 0.122 e. The minimum absolute atomic E-state index is 0.158. The third kappa shape index (κ3) is 3.58. The van der Waals surface area contributed by atoms with Crippen LogP contribution in [-0.4, -0.2) is 18.3 Å².